The maximum Gasteiger partial charge on any atom is 0.282 e. The molecule has 0 aliphatic rings. The third-order valence-corrected chi connectivity index (χ3v) is 0. The van der Waals surface area contributed by atoms with Crippen molar-refractivity contribution >= 4 is 41.6 Å². The summed E-state index contributed by atoms with van der Waals surface area (Å²) in [5.74, 6) is 0. The molecule has 0 aromatic heterocycles. The van der Waals surface area contributed by atoms with E-state index in [2.05, 4.69) is 16.7 Å². The van der Waals surface area contributed by atoms with Gasteiger partial charge in [-0.15, -0.1) is 0 Å². The average molecular weight is 188 g/mol. The van der Waals surface area contributed by atoms with Crippen molar-refractivity contribution in [1.29, 1.82) is 0 Å². The second-order valence-corrected chi connectivity index (χ2v) is 1.22. The van der Waals surface area contributed by atoms with E-state index >= 15 is 0 Å². The summed E-state index contributed by atoms with van der Waals surface area (Å²) < 4.78 is 8.98. The summed E-state index contributed by atoms with van der Waals surface area (Å²) in [4.78, 5) is 0. The molecule has 0 heterocycles. The smallest absolute Gasteiger partial charge is 0.282 e. The van der Waals surface area contributed by atoms with Crippen LogP contribution in [0.5, 0.6) is 0 Å². The van der Waals surface area contributed by atoms with E-state index in [0.29, 0.717) is 0 Å². The molecule has 6 heteroatoms. The minimum Gasteiger partial charge on any atom is -0.387 e. The first-order valence-electron chi connectivity index (χ1n) is 1.15. The third kappa shape index (κ3) is 35.6. The van der Waals surface area contributed by atoms with Crippen molar-refractivity contribution < 1.29 is 26.2 Å². The Morgan fingerprint density at radius 3 is 1.50 bits per heavy atom. The number of hydrogen-bond acceptors (Lipinski definition) is 1. The molecule has 1 nitrogen and oxygen atoms in total. The van der Waals surface area contributed by atoms with Gasteiger partial charge in [0.1, 0.15) is 0 Å². The van der Waals surface area contributed by atoms with Gasteiger partial charge in [0.25, 0.3) is 9.07 Å². The Morgan fingerprint density at radius 1 is 1.50 bits per heavy atom. The van der Waals surface area contributed by atoms with Crippen LogP contribution >= 0.6 is 16.7 Å². The zero-order chi connectivity index (χ0) is 4.71. The first-order valence-corrected chi connectivity index (χ1v) is 8.90. The minimum atomic E-state index is -0.583. The number of rotatable bonds is 0. The standard InChI is InChI=1S/Al.H3OPSi.H2P.Ti.2H/c;1-3-2;;;;/h;3H,2H2;1H2;;;/q+1;;-1;;;. The van der Waals surface area contributed by atoms with E-state index in [-0.39, 0.29) is 21.7 Å². The molecule has 0 aliphatic heterocycles. The summed E-state index contributed by atoms with van der Waals surface area (Å²) in [6.07, 6.45) is 0. The van der Waals surface area contributed by atoms with E-state index in [4.69, 9.17) is 4.46 Å². The molecule has 0 N–H and O–H groups in total. The van der Waals surface area contributed by atoms with Crippen molar-refractivity contribution in [2.75, 3.05) is 0 Å². The van der Waals surface area contributed by atoms with Crippen molar-refractivity contribution in [3.8, 4) is 0 Å². The fraction of sp³-hybridized carbons (Fsp3) is 0. The van der Waals surface area contributed by atoms with Crippen LogP contribution in [0.25, 0.3) is 0 Å². The fourth-order valence-corrected chi connectivity index (χ4v) is 0. The SMILES string of the molecule is O=[SiH]P.[AlH2][PH2].[Ti]. The quantitative estimate of drug-likeness (QED) is 0.350. The first kappa shape index (κ1) is 15.7. The van der Waals surface area contributed by atoms with E-state index in [1.165, 1.54) is 15.8 Å². The van der Waals surface area contributed by atoms with Gasteiger partial charge in [-0.1, -0.05) is 8.79 Å². The van der Waals surface area contributed by atoms with E-state index in [0.717, 1.165) is 0 Å². The van der Waals surface area contributed by atoms with Crippen LogP contribution in [0.1, 0.15) is 0 Å². The predicted molar refractivity (Wildman–Crippen MR) is 35.8 cm³/mol. The molecular formula is H7AlOP2SiTi. The molecule has 0 saturated heterocycles. The molecule has 2 atom stereocenters. The topological polar surface area (TPSA) is 17.1 Å². The van der Waals surface area contributed by atoms with Gasteiger partial charge < -0.3 is 4.46 Å². The van der Waals surface area contributed by atoms with Gasteiger partial charge in [0.15, 0.2) is 0 Å². The van der Waals surface area contributed by atoms with Gasteiger partial charge in [-0.3, -0.25) is 0 Å². The summed E-state index contributed by atoms with van der Waals surface area (Å²) in [6.45, 7) is 0. The van der Waals surface area contributed by atoms with Crippen LogP contribution in [-0.2, 0) is 26.2 Å². The van der Waals surface area contributed by atoms with Gasteiger partial charge >= 0.3 is 0 Å². The van der Waals surface area contributed by atoms with E-state index < -0.39 is 9.07 Å². The Morgan fingerprint density at radius 2 is 1.50 bits per heavy atom. The first-order chi connectivity index (χ1) is 2.41. The van der Waals surface area contributed by atoms with E-state index in [1.54, 1.807) is 0 Å². The molecule has 0 aromatic carbocycles. The molecule has 0 saturated carbocycles. The van der Waals surface area contributed by atoms with Crippen molar-refractivity contribution in [1.82, 2.24) is 0 Å². The van der Waals surface area contributed by atoms with Crippen LogP contribution in [-0.4, -0.2) is 24.9 Å². The van der Waals surface area contributed by atoms with Gasteiger partial charge in [-0.25, -0.2) is 7.89 Å². The third-order valence-electron chi connectivity index (χ3n) is 0. The van der Waals surface area contributed by atoms with Gasteiger partial charge in [-0.05, 0) is 0 Å². The monoisotopic (exact) mass is 188 g/mol. The van der Waals surface area contributed by atoms with Gasteiger partial charge in [0.2, 0.25) is 15.8 Å². The molecule has 6 heavy (non-hydrogen) atoms. The molecule has 0 rings (SSSR count). The maximum absolute atomic E-state index is 8.98. The molecule has 0 radical (unpaired) electrons. The molecule has 0 aliphatic carbocycles. The summed E-state index contributed by atoms with van der Waals surface area (Å²) in [6, 6.07) is 0. The van der Waals surface area contributed by atoms with Gasteiger partial charge in [0, 0.05) is 21.7 Å². The zero-order valence-electron chi connectivity index (χ0n) is 3.64. The minimum absolute atomic E-state index is 0. The van der Waals surface area contributed by atoms with Crippen molar-refractivity contribution in [2.24, 2.45) is 0 Å². The van der Waals surface area contributed by atoms with Gasteiger partial charge in [0.05, 0.1) is 0 Å². The molecule has 0 aromatic rings. The normalized spacial score (nSPS) is 3.00. The summed E-state index contributed by atoms with van der Waals surface area (Å²) in [5.41, 5.74) is 0. The van der Waals surface area contributed by atoms with Crippen LogP contribution in [0.2, 0.25) is 0 Å². The Bertz CT molecular complexity index is 21.0. The van der Waals surface area contributed by atoms with E-state index in [9.17, 15) is 0 Å². The van der Waals surface area contributed by atoms with E-state index in [1.807, 2.05) is 0 Å². The zero-order valence-corrected chi connectivity index (χ0v) is 10.7. The van der Waals surface area contributed by atoms with Crippen molar-refractivity contribution in [3.63, 3.8) is 0 Å². The summed E-state index contributed by atoms with van der Waals surface area (Å²) in [5, 5.41) is 0. The molecule has 0 fully saturated rings. The van der Waals surface area contributed by atoms with Crippen LogP contribution in [0.15, 0.2) is 0 Å². The molecule has 2 unspecified atom stereocenters. The Kier molecular flexibility index (Phi) is 71.7. The van der Waals surface area contributed by atoms with Crippen LogP contribution in [0.4, 0.5) is 0 Å². The Labute approximate surface area is 67.5 Å². The van der Waals surface area contributed by atoms with Crippen molar-refractivity contribution in [2.45, 2.75) is 0 Å². The predicted octanol–water partition coefficient (Wildman–Crippen LogP) is -1.03. The Hall–Kier alpha value is 2.12. The summed E-state index contributed by atoms with van der Waals surface area (Å²) in [7, 11) is 4.08. The van der Waals surface area contributed by atoms with Crippen molar-refractivity contribution in [3.05, 3.63) is 0 Å². The van der Waals surface area contributed by atoms with Crippen LogP contribution < -0.4 is 0 Å². The molecule has 0 amide bonds. The van der Waals surface area contributed by atoms with Crippen LogP contribution in [0.3, 0.4) is 0 Å². The molecule has 0 spiro atoms. The Balaban J connectivity index is -0.0000000275. The molecular weight excluding hydrogens is 181 g/mol. The average Bonchev–Trinajstić information content (AvgIpc) is 1.46. The van der Waals surface area contributed by atoms with Gasteiger partial charge in [-0.2, -0.15) is 0 Å². The molecule has 0 bridgehead atoms. The molecule has 34 valence electrons. The maximum atomic E-state index is 8.98. The number of hydrogen-bond donors (Lipinski definition) is 0. The fourth-order valence-electron chi connectivity index (χ4n) is 0. The van der Waals surface area contributed by atoms with Crippen LogP contribution in [0, 0.1) is 0 Å². The second-order valence-electron chi connectivity index (χ2n) is 0.136. The second kappa shape index (κ2) is 27.4. The largest absolute Gasteiger partial charge is 0.387 e. The summed E-state index contributed by atoms with van der Waals surface area (Å²) >= 11 is 1.22.